The van der Waals surface area contributed by atoms with Crippen molar-refractivity contribution in [1.82, 2.24) is 4.90 Å². The molecule has 0 atom stereocenters. The van der Waals surface area contributed by atoms with E-state index in [0.717, 1.165) is 32.6 Å². The molecule has 0 N–H and O–H groups in total. The van der Waals surface area contributed by atoms with E-state index in [-0.39, 0.29) is 11.8 Å². The standard InChI is InChI=1S/C13H25NO3/c1-11(2)10-14(6-9-16-3)13(15)12-4-7-17-8-5-12/h11-12H,4-10H2,1-3H3. The van der Waals surface area contributed by atoms with Crippen molar-refractivity contribution in [2.45, 2.75) is 26.7 Å². The van der Waals surface area contributed by atoms with Crippen LogP contribution < -0.4 is 0 Å². The van der Waals surface area contributed by atoms with Gasteiger partial charge in [-0.25, -0.2) is 0 Å². The summed E-state index contributed by atoms with van der Waals surface area (Å²) < 4.78 is 10.4. The van der Waals surface area contributed by atoms with Crippen LogP contribution in [0, 0.1) is 11.8 Å². The van der Waals surface area contributed by atoms with Crippen molar-refractivity contribution in [2.75, 3.05) is 40.0 Å². The summed E-state index contributed by atoms with van der Waals surface area (Å²) in [4.78, 5) is 14.3. The fourth-order valence-corrected chi connectivity index (χ4v) is 2.14. The quantitative estimate of drug-likeness (QED) is 0.710. The van der Waals surface area contributed by atoms with Crippen LogP contribution in [0.3, 0.4) is 0 Å². The molecule has 4 nitrogen and oxygen atoms in total. The van der Waals surface area contributed by atoms with Crippen LogP contribution in [-0.2, 0) is 14.3 Å². The highest BCUT2D eigenvalue weighted by molar-refractivity contribution is 5.79. The van der Waals surface area contributed by atoms with Crippen LogP contribution >= 0.6 is 0 Å². The summed E-state index contributed by atoms with van der Waals surface area (Å²) in [5.41, 5.74) is 0. The SMILES string of the molecule is COCCN(CC(C)C)C(=O)C1CCOCC1. The molecule has 4 heteroatoms. The zero-order chi connectivity index (χ0) is 12.7. The van der Waals surface area contributed by atoms with Gasteiger partial charge in [-0.3, -0.25) is 4.79 Å². The molecule has 1 aliphatic heterocycles. The third kappa shape index (κ3) is 5.04. The van der Waals surface area contributed by atoms with Crippen molar-refractivity contribution >= 4 is 5.91 Å². The average molecular weight is 243 g/mol. The van der Waals surface area contributed by atoms with Crippen molar-refractivity contribution in [1.29, 1.82) is 0 Å². The zero-order valence-electron chi connectivity index (χ0n) is 11.3. The number of hydrogen-bond donors (Lipinski definition) is 0. The van der Waals surface area contributed by atoms with E-state index in [2.05, 4.69) is 13.8 Å². The second-order valence-corrected chi connectivity index (χ2v) is 5.06. The average Bonchev–Trinajstić information content (AvgIpc) is 2.34. The van der Waals surface area contributed by atoms with Gasteiger partial charge in [0, 0.05) is 39.3 Å². The maximum Gasteiger partial charge on any atom is 0.225 e. The van der Waals surface area contributed by atoms with Crippen molar-refractivity contribution in [2.24, 2.45) is 11.8 Å². The first-order chi connectivity index (χ1) is 8.15. The molecule has 0 aromatic rings. The second-order valence-electron chi connectivity index (χ2n) is 5.06. The molecule has 0 bridgehead atoms. The molecule has 0 unspecified atom stereocenters. The summed E-state index contributed by atoms with van der Waals surface area (Å²) in [7, 11) is 1.67. The maximum atomic E-state index is 12.4. The number of amides is 1. The molecule has 1 fully saturated rings. The third-order valence-corrected chi connectivity index (χ3v) is 3.03. The van der Waals surface area contributed by atoms with Gasteiger partial charge in [0.25, 0.3) is 0 Å². The van der Waals surface area contributed by atoms with Gasteiger partial charge in [-0.15, -0.1) is 0 Å². The minimum Gasteiger partial charge on any atom is -0.383 e. The van der Waals surface area contributed by atoms with Crippen molar-refractivity contribution in [3.8, 4) is 0 Å². The molecule has 1 heterocycles. The summed E-state index contributed by atoms with van der Waals surface area (Å²) in [5.74, 6) is 0.925. The first kappa shape index (κ1) is 14.5. The molecule has 100 valence electrons. The van der Waals surface area contributed by atoms with E-state index >= 15 is 0 Å². The molecule has 0 aliphatic carbocycles. The Hall–Kier alpha value is -0.610. The normalized spacial score (nSPS) is 17.4. The fourth-order valence-electron chi connectivity index (χ4n) is 2.14. The van der Waals surface area contributed by atoms with Crippen molar-refractivity contribution in [3.05, 3.63) is 0 Å². The van der Waals surface area contributed by atoms with E-state index in [1.165, 1.54) is 0 Å². The lowest BCUT2D eigenvalue weighted by Crippen LogP contribution is -2.42. The molecule has 1 rings (SSSR count). The van der Waals surface area contributed by atoms with E-state index in [1.54, 1.807) is 7.11 Å². The molecular weight excluding hydrogens is 218 g/mol. The summed E-state index contributed by atoms with van der Waals surface area (Å²) in [6, 6.07) is 0. The Bertz CT molecular complexity index is 225. The minimum atomic E-state index is 0.152. The van der Waals surface area contributed by atoms with Crippen LogP contribution in [0.5, 0.6) is 0 Å². The van der Waals surface area contributed by atoms with Crippen LogP contribution in [0.4, 0.5) is 0 Å². The lowest BCUT2D eigenvalue weighted by Gasteiger charge is -2.30. The molecule has 0 aromatic carbocycles. The van der Waals surface area contributed by atoms with Crippen molar-refractivity contribution < 1.29 is 14.3 Å². The Balaban J connectivity index is 2.50. The van der Waals surface area contributed by atoms with Crippen LogP contribution in [-0.4, -0.2) is 50.8 Å². The lowest BCUT2D eigenvalue weighted by molar-refractivity contribution is -0.139. The molecule has 0 aromatic heterocycles. The minimum absolute atomic E-state index is 0.152. The predicted molar refractivity (Wildman–Crippen MR) is 66.8 cm³/mol. The lowest BCUT2D eigenvalue weighted by atomic mass is 9.98. The van der Waals surface area contributed by atoms with Gasteiger partial charge in [0.1, 0.15) is 0 Å². The number of hydrogen-bond acceptors (Lipinski definition) is 3. The summed E-state index contributed by atoms with van der Waals surface area (Å²) in [5, 5.41) is 0. The van der Waals surface area contributed by atoms with E-state index in [1.807, 2.05) is 4.90 Å². The van der Waals surface area contributed by atoms with E-state index in [0.29, 0.717) is 19.1 Å². The molecule has 0 radical (unpaired) electrons. The van der Waals surface area contributed by atoms with E-state index in [4.69, 9.17) is 9.47 Å². The summed E-state index contributed by atoms with van der Waals surface area (Å²) in [6.07, 6.45) is 1.72. The largest absolute Gasteiger partial charge is 0.383 e. The molecular formula is C13H25NO3. The first-order valence-electron chi connectivity index (χ1n) is 6.50. The van der Waals surface area contributed by atoms with E-state index in [9.17, 15) is 4.79 Å². The molecule has 17 heavy (non-hydrogen) atoms. The van der Waals surface area contributed by atoms with Crippen molar-refractivity contribution in [3.63, 3.8) is 0 Å². The van der Waals surface area contributed by atoms with Gasteiger partial charge in [0.05, 0.1) is 6.61 Å². The molecule has 1 amide bonds. The van der Waals surface area contributed by atoms with Crippen LogP contribution in [0.1, 0.15) is 26.7 Å². The topological polar surface area (TPSA) is 38.8 Å². The van der Waals surface area contributed by atoms with Gasteiger partial charge >= 0.3 is 0 Å². The molecule has 1 saturated heterocycles. The predicted octanol–water partition coefficient (Wildman–Crippen LogP) is 1.54. The van der Waals surface area contributed by atoms with Crippen LogP contribution in [0.25, 0.3) is 0 Å². The highest BCUT2D eigenvalue weighted by atomic mass is 16.5. The number of carbonyl (C=O) groups is 1. The Labute approximate surface area is 104 Å². The van der Waals surface area contributed by atoms with Gasteiger partial charge in [-0.1, -0.05) is 13.8 Å². The number of ether oxygens (including phenoxy) is 2. The third-order valence-electron chi connectivity index (χ3n) is 3.03. The molecule has 0 saturated carbocycles. The zero-order valence-corrected chi connectivity index (χ0v) is 11.3. The summed E-state index contributed by atoms with van der Waals surface area (Å²) in [6.45, 7) is 7.84. The number of methoxy groups -OCH3 is 1. The summed E-state index contributed by atoms with van der Waals surface area (Å²) >= 11 is 0. The van der Waals surface area contributed by atoms with Gasteiger partial charge in [0.2, 0.25) is 5.91 Å². The van der Waals surface area contributed by atoms with Gasteiger partial charge in [0.15, 0.2) is 0 Å². The highest BCUT2D eigenvalue weighted by Crippen LogP contribution is 2.18. The molecule has 0 spiro atoms. The monoisotopic (exact) mass is 243 g/mol. The van der Waals surface area contributed by atoms with Gasteiger partial charge in [-0.05, 0) is 18.8 Å². The smallest absolute Gasteiger partial charge is 0.225 e. The highest BCUT2D eigenvalue weighted by Gasteiger charge is 2.26. The van der Waals surface area contributed by atoms with Crippen LogP contribution in [0.2, 0.25) is 0 Å². The second kappa shape index (κ2) is 7.67. The van der Waals surface area contributed by atoms with Gasteiger partial charge < -0.3 is 14.4 Å². The fraction of sp³-hybridized carbons (Fsp3) is 0.923. The first-order valence-corrected chi connectivity index (χ1v) is 6.50. The number of carbonyl (C=O) groups excluding carboxylic acids is 1. The number of rotatable bonds is 6. The van der Waals surface area contributed by atoms with Crippen LogP contribution in [0.15, 0.2) is 0 Å². The maximum absolute atomic E-state index is 12.4. The Morgan fingerprint density at radius 2 is 2.06 bits per heavy atom. The van der Waals surface area contributed by atoms with E-state index < -0.39 is 0 Å². The Kier molecular flexibility index (Phi) is 6.52. The Morgan fingerprint density at radius 3 is 2.59 bits per heavy atom. The Morgan fingerprint density at radius 1 is 1.41 bits per heavy atom. The number of nitrogens with zero attached hydrogens (tertiary/aromatic N) is 1. The molecule has 1 aliphatic rings. The van der Waals surface area contributed by atoms with Gasteiger partial charge in [-0.2, -0.15) is 0 Å².